The third-order valence-electron chi connectivity index (χ3n) is 4.16. The van der Waals surface area contributed by atoms with E-state index < -0.39 is 23.8 Å². The quantitative estimate of drug-likeness (QED) is 0.815. The van der Waals surface area contributed by atoms with Crippen molar-refractivity contribution in [1.29, 1.82) is 0 Å². The van der Waals surface area contributed by atoms with Crippen LogP contribution in [0.3, 0.4) is 0 Å². The second kappa shape index (κ2) is 6.91. The maximum absolute atomic E-state index is 12.7. The molecule has 6 nitrogen and oxygen atoms in total. The summed E-state index contributed by atoms with van der Waals surface area (Å²) >= 11 is 0. The van der Waals surface area contributed by atoms with E-state index in [-0.39, 0.29) is 24.4 Å². The Hall–Kier alpha value is -2.68. The molecule has 0 aliphatic carbocycles. The minimum Gasteiger partial charge on any atom is -0.370 e. The number of benzene rings is 1. The fourth-order valence-electron chi connectivity index (χ4n) is 2.66. The lowest BCUT2D eigenvalue weighted by Gasteiger charge is -2.33. The van der Waals surface area contributed by atoms with Crippen molar-refractivity contribution in [2.45, 2.75) is 12.3 Å². The number of aryl methyl sites for hydroxylation is 1. The van der Waals surface area contributed by atoms with Gasteiger partial charge in [0.1, 0.15) is 11.8 Å². The van der Waals surface area contributed by atoms with E-state index in [0.717, 1.165) is 18.2 Å². The highest BCUT2D eigenvalue weighted by molar-refractivity contribution is 5.92. The second-order valence-electron chi connectivity index (χ2n) is 5.95. The van der Waals surface area contributed by atoms with Crippen molar-refractivity contribution in [3.63, 3.8) is 0 Å². The molecular formula is C17H16F3N3O3. The fraction of sp³-hybridized carbons (Fsp3) is 0.353. The number of alkyl halides is 3. The maximum Gasteiger partial charge on any atom is 0.416 e. The SMILES string of the molecule is Cn1cnc(C(=O)N2CCOC(c3ccc(C(F)(F)F)cc3)C2)cc1=O. The van der Waals surface area contributed by atoms with E-state index in [0.29, 0.717) is 12.1 Å². The van der Waals surface area contributed by atoms with Crippen LogP contribution in [0.15, 0.2) is 41.5 Å². The molecule has 0 radical (unpaired) electrons. The van der Waals surface area contributed by atoms with Crippen molar-refractivity contribution in [1.82, 2.24) is 14.5 Å². The molecule has 2 aromatic rings. The van der Waals surface area contributed by atoms with Gasteiger partial charge in [-0.1, -0.05) is 12.1 Å². The molecule has 1 aromatic heterocycles. The third kappa shape index (κ3) is 3.77. The zero-order chi connectivity index (χ0) is 18.9. The van der Waals surface area contributed by atoms with Crippen molar-refractivity contribution < 1.29 is 22.7 Å². The van der Waals surface area contributed by atoms with E-state index in [2.05, 4.69) is 4.98 Å². The Morgan fingerprint density at radius 1 is 1.27 bits per heavy atom. The maximum atomic E-state index is 12.7. The van der Waals surface area contributed by atoms with Gasteiger partial charge in [-0.05, 0) is 17.7 Å². The van der Waals surface area contributed by atoms with Crippen LogP contribution < -0.4 is 5.56 Å². The van der Waals surface area contributed by atoms with Crippen LogP contribution in [0.2, 0.25) is 0 Å². The number of rotatable bonds is 2. The molecule has 0 N–H and O–H groups in total. The predicted molar refractivity (Wildman–Crippen MR) is 85.5 cm³/mol. The van der Waals surface area contributed by atoms with Crippen LogP contribution in [0.1, 0.15) is 27.7 Å². The lowest BCUT2D eigenvalue weighted by Crippen LogP contribution is -2.43. The molecular weight excluding hydrogens is 351 g/mol. The Morgan fingerprint density at radius 2 is 1.96 bits per heavy atom. The molecule has 9 heteroatoms. The molecule has 0 spiro atoms. The number of carbonyl (C=O) groups excluding carboxylic acids is 1. The molecule has 1 aliphatic heterocycles. The highest BCUT2D eigenvalue weighted by atomic mass is 19.4. The topological polar surface area (TPSA) is 64.4 Å². The number of hydrogen-bond acceptors (Lipinski definition) is 4. The Morgan fingerprint density at radius 3 is 2.58 bits per heavy atom. The Bertz CT molecular complexity index is 862. The van der Waals surface area contributed by atoms with Gasteiger partial charge in [-0.15, -0.1) is 0 Å². The van der Waals surface area contributed by atoms with Gasteiger partial charge in [-0.25, -0.2) is 4.98 Å². The van der Waals surface area contributed by atoms with Crippen LogP contribution in [-0.2, 0) is 18.0 Å². The van der Waals surface area contributed by atoms with Gasteiger partial charge in [-0.3, -0.25) is 9.59 Å². The molecule has 1 atom stereocenters. The number of aromatic nitrogens is 2. The number of nitrogens with zero attached hydrogens (tertiary/aromatic N) is 3. The van der Waals surface area contributed by atoms with Crippen molar-refractivity contribution in [3.8, 4) is 0 Å². The lowest BCUT2D eigenvalue weighted by molar-refractivity contribution is -0.137. The van der Waals surface area contributed by atoms with Crippen LogP contribution in [0.4, 0.5) is 13.2 Å². The van der Waals surface area contributed by atoms with Gasteiger partial charge in [0, 0.05) is 19.7 Å². The van der Waals surface area contributed by atoms with Crippen molar-refractivity contribution in [2.24, 2.45) is 7.05 Å². The first kappa shape index (κ1) is 18.1. The van der Waals surface area contributed by atoms with Crippen LogP contribution in [0.5, 0.6) is 0 Å². The normalized spacial score (nSPS) is 18.0. The number of amides is 1. The first-order chi connectivity index (χ1) is 12.3. The van der Waals surface area contributed by atoms with E-state index in [9.17, 15) is 22.8 Å². The summed E-state index contributed by atoms with van der Waals surface area (Å²) in [6.07, 6.45) is -3.68. The minimum atomic E-state index is -4.40. The molecule has 1 amide bonds. The summed E-state index contributed by atoms with van der Waals surface area (Å²) in [6, 6.07) is 5.82. The van der Waals surface area contributed by atoms with Gasteiger partial charge in [0.2, 0.25) is 0 Å². The molecule has 0 saturated carbocycles. The minimum absolute atomic E-state index is 0.0289. The lowest BCUT2D eigenvalue weighted by atomic mass is 10.0. The average molecular weight is 367 g/mol. The highest BCUT2D eigenvalue weighted by Gasteiger charge is 2.31. The van der Waals surface area contributed by atoms with Crippen LogP contribution >= 0.6 is 0 Å². The molecule has 1 aliphatic rings. The van der Waals surface area contributed by atoms with Gasteiger partial charge in [0.15, 0.2) is 0 Å². The first-order valence-electron chi connectivity index (χ1n) is 7.86. The third-order valence-corrected chi connectivity index (χ3v) is 4.16. The van der Waals surface area contributed by atoms with Crippen molar-refractivity contribution >= 4 is 5.91 Å². The number of morpholine rings is 1. The predicted octanol–water partition coefficient (Wildman–Crippen LogP) is 2.01. The van der Waals surface area contributed by atoms with Gasteiger partial charge >= 0.3 is 6.18 Å². The zero-order valence-electron chi connectivity index (χ0n) is 13.9. The van der Waals surface area contributed by atoms with E-state index in [4.69, 9.17) is 4.74 Å². The molecule has 1 saturated heterocycles. The van der Waals surface area contributed by atoms with E-state index in [1.807, 2.05) is 0 Å². The summed E-state index contributed by atoms with van der Waals surface area (Å²) in [6.45, 7) is 0.718. The molecule has 2 heterocycles. The number of halogens is 3. The molecule has 3 rings (SSSR count). The smallest absolute Gasteiger partial charge is 0.370 e. The molecule has 0 bridgehead atoms. The van der Waals surface area contributed by atoms with Gasteiger partial charge in [-0.2, -0.15) is 13.2 Å². The molecule has 138 valence electrons. The Balaban J connectivity index is 1.75. The molecule has 1 aromatic carbocycles. The largest absolute Gasteiger partial charge is 0.416 e. The van der Waals surface area contributed by atoms with E-state index in [1.54, 1.807) is 0 Å². The van der Waals surface area contributed by atoms with E-state index >= 15 is 0 Å². The van der Waals surface area contributed by atoms with Gasteiger partial charge in [0.05, 0.1) is 25.0 Å². The molecule has 1 unspecified atom stereocenters. The second-order valence-corrected chi connectivity index (χ2v) is 5.95. The van der Waals surface area contributed by atoms with Crippen LogP contribution in [0.25, 0.3) is 0 Å². The summed E-state index contributed by atoms with van der Waals surface area (Å²) in [4.78, 5) is 29.6. The Labute approximate surface area is 146 Å². The van der Waals surface area contributed by atoms with E-state index in [1.165, 1.54) is 35.0 Å². The highest BCUT2D eigenvalue weighted by Crippen LogP contribution is 2.31. The summed E-state index contributed by atoms with van der Waals surface area (Å²) < 4.78 is 44.8. The standard InChI is InChI=1S/C17H16F3N3O3/c1-22-10-21-13(8-15(22)24)16(25)23-6-7-26-14(9-23)11-2-4-12(5-3-11)17(18,19)20/h2-5,8,10,14H,6-7,9H2,1H3. The van der Waals surface area contributed by atoms with Crippen LogP contribution in [0, 0.1) is 0 Å². The monoisotopic (exact) mass is 367 g/mol. The summed E-state index contributed by atoms with van der Waals surface area (Å²) in [7, 11) is 1.53. The van der Waals surface area contributed by atoms with Crippen molar-refractivity contribution in [2.75, 3.05) is 19.7 Å². The molecule has 1 fully saturated rings. The Kier molecular flexibility index (Phi) is 4.82. The fourth-order valence-corrected chi connectivity index (χ4v) is 2.66. The van der Waals surface area contributed by atoms with Gasteiger partial charge < -0.3 is 14.2 Å². The van der Waals surface area contributed by atoms with Crippen molar-refractivity contribution in [3.05, 3.63) is 63.8 Å². The summed E-state index contributed by atoms with van der Waals surface area (Å²) in [5.74, 6) is -0.414. The summed E-state index contributed by atoms with van der Waals surface area (Å²) in [5.41, 5.74) is -0.515. The number of hydrogen-bond donors (Lipinski definition) is 0. The zero-order valence-corrected chi connectivity index (χ0v) is 13.9. The van der Waals surface area contributed by atoms with Gasteiger partial charge in [0.25, 0.3) is 11.5 Å². The molecule has 26 heavy (non-hydrogen) atoms. The number of carbonyl (C=O) groups is 1. The first-order valence-corrected chi connectivity index (χ1v) is 7.86. The van der Waals surface area contributed by atoms with Crippen LogP contribution in [-0.4, -0.2) is 40.1 Å². The summed E-state index contributed by atoms with van der Waals surface area (Å²) in [5, 5.41) is 0. The number of ether oxygens (including phenoxy) is 1. The average Bonchev–Trinajstić information content (AvgIpc) is 2.63.